The molecule has 0 aromatic rings. The Balaban J connectivity index is 1.96. The standard InChI is InChI=1S/C15H26N2O3/c1-15(2,3)11-6-8-16(10-11)14(20)17-7-4-5-12(17)9-13(18)19/h11-12H,4-10H2,1-3H3,(H,18,19). The minimum absolute atomic E-state index is 0.0421. The van der Waals surface area contributed by atoms with Gasteiger partial charge in [0, 0.05) is 25.7 Å². The van der Waals surface area contributed by atoms with Gasteiger partial charge in [0.05, 0.1) is 6.42 Å². The number of nitrogens with zero attached hydrogens (tertiary/aromatic N) is 2. The zero-order valence-electron chi connectivity index (χ0n) is 12.8. The lowest BCUT2D eigenvalue weighted by atomic mass is 9.80. The van der Waals surface area contributed by atoms with Crippen molar-refractivity contribution in [2.45, 2.75) is 52.5 Å². The summed E-state index contributed by atoms with van der Waals surface area (Å²) in [6.45, 7) is 8.96. The summed E-state index contributed by atoms with van der Waals surface area (Å²) in [6, 6.07) is -0.0748. The van der Waals surface area contributed by atoms with Crippen LogP contribution in [-0.4, -0.2) is 52.6 Å². The molecule has 0 aromatic carbocycles. The minimum atomic E-state index is -0.816. The highest BCUT2D eigenvalue weighted by atomic mass is 16.4. The topological polar surface area (TPSA) is 60.9 Å². The van der Waals surface area contributed by atoms with Gasteiger partial charge in [0.25, 0.3) is 0 Å². The van der Waals surface area contributed by atoms with Crippen molar-refractivity contribution >= 4 is 12.0 Å². The molecule has 2 atom stereocenters. The van der Waals surface area contributed by atoms with Crippen molar-refractivity contribution in [1.29, 1.82) is 0 Å². The first-order chi connectivity index (χ1) is 9.29. The van der Waals surface area contributed by atoms with E-state index in [1.807, 2.05) is 4.90 Å². The Bertz CT molecular complexity index is 389. The van der Waals surface area contributed by atoms with E-state index in [1.165, 1.54) is 0 Å². The number of carbonyl (C=O) groups excluding carboxylic acids is 1. The number of hydrogen-bond donors (Lipinski definition) is 1. The van der Waals surface area contributed by atoms with Crippen LogP contribution in [0.2, 0.25) is 0 Å². The second kappa shape index (κ2) is 5.62. The summed E-state index contributed by atoms with van der Waals surface area (Å²) in [5.74, 6) is -0.282. The molecule has 114 valence electrons. The van der Waals surface area contributed by atoms with E-state index in [9.17, 15) is 9.59 Å². The molecule has 0 aliphatic carbocycles. The van der Waals surface area contributed by atoms with Crippen LogP contribution in [0.4, 0.5) is 4.79 Å². The lowest BCUT2D eigenvalue weighted by molar-refractivity contribution is -0.138. The molecule has 2 fully saturated rings. The Kier molecular flexibility index (Phi) is 4.25. The largest absolute Gasteiger partial charge is 0.481 e. The molecule has 2 aliphatic rings. The van der Waals surface area contributed by atoms with Crippen molar-refractivity contribution in [3.8, 4) is 0 Å². The number of aliphatic carboxylic acids is 1. The third-order valence-electron chi connectivity index (χ3n) is 4.72. The third-order valence-corrected chi connectivity index (χ3v) is 4.72. The molecule has 0 aromatic heterocycles. The van der Waals surface area contributed by atoms with Gasteiger partial charge in [-0.25, -0.2) is 4.79 Å². The normalized spacial score (nSPS) is 27.1. The first kappa shape index (κ1) is 15.1. The Labute approximate surface area is 120 Å². The maximum absolute atomic E-state index is 12.6. The first-order valence-corrected chi connectivity index (χ1v) is 7.56. The highest BCUT2D eigenvalue weighted by molar-refractivity contribution is 5.77. The van der Waals surface area contributed by atoms with Gasteiger partial charge in [0.1, 0.15) is 0 Å². The van der Waals surface area contributed by atoms with Crippen LogP contribution in [0.15, 0.2) is 0 Å². The molecule has 0 saturated carbocycles. The van der Waals surface area contributed by atoms with Gasteiger partial charge in [-0.15, -0.1) is 0 Å². The SMILES string of the molecule is CC(C)(C)C1CCN(C(=O)N2CCCC2CC(=O)O)C1. The molecule has 5 nitrogen and oxygen atoms in total. The molecule has 2 amide bonds. The number of urea groups is 1. The summed E-state index contributed by atoms with van der Waals surface area (Å²) < 4.78 is 0. The average molecular weight is 282 g/mol. The summed E-state index contributed by atoms with van der Waals surface area (Å²) in [5, 5.41) is 8.94. The number of carbonyl (C=O) groups is 2. The van der Waals surface area contributed by atoms with Gasteiger partial charge < -0.3 is 14.9 Å². The van der Waals surface area contributed by atoms with Crippen LogP contribution in [0.25, 0.3) is 0 Å². The Morgan fingerprint density at radius 2 is 1.90 bits per heavy atom. The quantitative estimate of drug-likeness (QED) is 0.846. The molecule has 2 aliphatic heterocycles. The molecule has 0 spiro atoms. The lowest BCUT2D eigenvalue weighted by Gasteiger charge is -2.30. The van der Waals surface area contributed by atoms with Crippen molar-refractivity contribution in [3.05, 3.63) is 0 Å². The molecule has 20 heavy (non-hydrogen) atoms. The van der Waals surface area contributed by atoms with E-state index in [-0.39, 0.29) is 23.9 Å². The molecule has 2 saturated heterocycles. The van der Waals surface area contributed by atoms with E-state index in [0.717, 1.165) is 32.4 Å². The number of likely N-dealkylation sites (tertiary alicyclic amines) is 2. The van der Waals surface area contributed by atoms with Crippen LogP contribution in [0.5, 0.6) is 0 Å². The highest BCUT2D eigenvalue weighted by Gasteiger charge is 2.38. The van der Waals surface area contributed by atoms with Crippen LogP contribution in [0.1, 0.15) is 46.5 Å². The van der Waals surface area contributed by atoms with Crippen molar-refractivity contribution in [1.82, 2.24) is 9.80 Å². The van der Waals surface area contributed by atoms with Gasteiger partial charge in [0.15, 0.2) is 0 Å². The summed E-state index contributed by atoms with van der Waals surface area (Å²) in [7, 11) is 0. The number of hydrogen-bond acceptors (Lipinski definition) is 2. The van der Waals surface area contributed by atoms with Crippen LogP contribution in [-0.2, 0) is 4.79 Å². The number of amides is 2. The summed E-state index contributed by atoms with van der Waals surface area (Å²) in [4.78, 5) is 27.1. The van der Waals surface area contributed by atoms with Gasteiger partial charge in [-0.1, -0.05) is 20.8 Å². The smallest absolute Gasteiger partial charge is 0.320 e. The van der Waals surface area contributed by atoms with Crippen molar-refractivity contribution in [3.63, 3.8) is 0 Å². The average Bonchev–Trinajstić information content (AvgIpc) is 2.94. The minimum Gasteiger partial charge on any atom is -0.481 e. The second-order valence-electron chi connectivity index (χ2n) is 7.17. The van der Waals surface area contributed by atoms with Gasteiger partial charge in [-0.2, -0.15) is 0 Å². The van der Waals surface area contributed by atoms with Gasteiger partial charge >= 0.3 is 12.0 Å². The molecule has 1 N–H and O–H groups in total. The lowest BCUT2D eigenvalue weighted by Crippen LogP contribution is -2.45. The van der Waals surface area contributed by atoms with E-state index in [0.29, 0.717) is 12.5 Å². The van der Waals surface area contributed by atoms with Crippen molar-refractivity contribution < 1.29 is 14.7 Å². The van der Waals surface area contributed by atoms with E-state index >= 15 is 0 Å². The zero-order chi connectivity index (χ0) is 14.9. The van der Waals surface area contributed by atoms with Crippen LogP contribution in [0, 0.1) is 11.3 Å². The molecule has 5 heteroatoms. The first-order valence-electron chi connectivity index (χ1n) is 7.56. The van der Waals surface area contributed by atoms with Gasteiger partial charge in [0.2, 0.25) is 0 Å². The number of carboxylic acid groups (broad SMARTS) is 1. The highest BCUT2D eigenvalue weighted by Crippen LogP contribution is 2.34. The monoisotopic (exact) mass is 282 g/mol. The zero-order valence-corrected chi connectivity index (χ0v) is 12.8. The molecule has 2 heterocycles. The molecule has 2 rings (SSSR count). The maximum Gasteiger partial charge on any atom is 0.320 e. The summed E-state index contributed by atoms with van der Waals surface area (Å²) in [6.07, 6.45) is 2.85. The summed E-state index contributed by atoms with van der Waals surface area (Å²) in [5.41, 5.74) is 0.223. The molecular formula is C15H26N2O3. The van der Waals surface area contributed by atoms with Crippen LogP contribution < -0.4 is 0 Å². The van der Waals surface area contributed by atoms with Gasteiger partial charge in [-0.3, -0.25) is 4.79 Å². The van der Waals surface area contributed by atoms with E-state index in [1.54, 1.807) is 4.90 Å². The van der Waals surface area contributed by atoms with Crippen molar-refractivity contribution in [2.24, 2.45) is 11.3 Å². The fourth-order valence-electron chi connectivity index (χ4n) is 3.32. The number of carboxylic acids is 1. The predicted octanol–water partition coefficient (Wildman–Crippen LogP) is 2.41. The Hall–Kier alpha value is -1.26. The molecule has 2 unspecified atom stereocenters. The van der Waals surface area contributed by atoms with E-state index in [2.05, 4.69) is 20.8 Å². The Morgan fingerprint density at radius 3 is 2.45 bits per heavy atom. The van der Waals surface area contributed by atoms with Gasteiger partial charge in [-0.05, 0) is 30.6 Å². The number of rotatable bonds is 2. The second-order valence-corrected chi connectivity index (χ2v) is 7.17. The molecule has 0 bridgehead atoms. The third kappa shape index (κ3) is 3.25. The van der Waals surface area contributed by atoms with Crippen molar-refractivity contribution in [2.75, 3.05) is 19.6 Å². The molecule has 0 radical (unpaired) electrons. The van der Waals surface area contributed by atoms with Crippen LogP contribution in [0.3, 0.4) is 0 Å². The molecular weight excluding hydrogens is 256 g/mol. The fraction of sp³-hybridized carbons (Fsp3) is 0.867. The van der Waals surface area contributed by atoms with E-state index in [4.69, 9.17) is 5.11 Å². The summed E-state index contributed by atoms with van der Waals surface area (Å²) >= 11 is 0. The van der Waals surface area contributed by atoms with E-state index < -0.39 is 5.97 Å². The Morgan fingerprint density at radius 1 is 1.20 bits per heavy atom. The van der Waals surface area contributed by atoms with Crippen LogP contribution >= 0.6 is 0 Å². The predicted molar refractivity (Wildman–Crippen MR) is 76.5 cm³/mol. The maximum atomic E-state index is 12.6. The fourth-order valence-corrected chi connectivity index (χ4v) is 3.32.